The van der Waals surface area contributed by atoms with Gasteiger partial charge in [-0.2, -0.15) is 0 Å². The van der Waals surface area contributed by atoms with Gasteiger partial charge in [0.1, 0.15) is 6.17 Å². The van der Waals surface area contributed by atoms with Gasteiger partial charge in [-0.1, -0.05) is 116 Å². The number of hydrogen-bond donors (Lipinski definition) is 2. The second-order valence-electron chi connectivity index (χ2n) is 12.0. The van der Waals surface area contributed by atoms with E-state index in [1.807, 2.05) is 0 Å². The number of nitrogens with zero attached hydrogens (tertiary/aromatic N) is 1. The lowest BCUT2D eigenvalue weighted by Gasteiger charge is -2.36. The van der Waals surface area contributed by atoms with Crippen LogP contribution in [0.3, 0.4) is 0 Å². The van der Waals surface area contributed by atoms with Crippen molar-refractivity contribution in [1.29, 1.82) is 0 Å². The Bertz CT molecular complexity index is 2100. The van der Waals surface area contributed by atoms with Crippen molar-refractivity contribution in [1.82, 2.24) is 10.3 Å². The maximum Gasteiger partial charge on any atom is 0.122 e. The number of allylic oxidation sites excluding steroid dienone is 10. The molecule has 8 rings (SSSR count). The molecule has 45 heavy (non-hydrogen) atoms. The number of para-hydroxylation sites is 1. The maximum absolute atomic E-state index is 4.46. The summed E-state index contributed by atoms with van der Waals surface area (Å²) in [7, 11) is 0. The van der Waals surface area contributed by atoms with Crippen LogP contribution < -0.4 is 10.2 Å². The number of dihydropyridines is 1. The van der Waals surface area contributed by atoms with Gasteiger partial charge < -0.3 is 15.2 Å². The third-order valence-electron chi connectivity index (χ3n) is 9.17. The summed E-state index contributed by atoms with van der Waals surface area (Å²) in [5.41, 5.74) is 11.9. The average Bonchev–Trinajstić information content (AvgIpc) is 3.29. The average molecular weight is 582 g/mol. The minimum atomic E-state index is -0.0560. The van der Waals surface area contributed by atoms with Gasteiger partial charge in [-0.3, -0.25) is 0 Å². The van der Waals surface area contributed by atoms with Gasteiger partial charge in [-0.05, 0) is 77.1 Å². The standard InChI is InChI=1S/C42H35N3/c1-29-13-10-11-24-45(41-28-40-37(27-36(29)41)35-18-8-9-19-39(35)43-40)42-21-12-20-38(44-42)33-23-22-32(30-14-4-2-5-15-30)25-34(26-33)31-16-6-3-7-17-31/h2-21,24-28,33,42-44H,1,22-23H2/b13-10-,24-11-. The third kappa shape index (κ3) is 5.17. The number of H-pyrrole nitrogens is 1. The van der Waals surface area contributed by atoms with E-state index in [4.69, 9.17) is 0 Å². The molecule has 2 atom stereocenters. The second-order valence-corrected chi connectivity index (χ2v) is 12.0. The number of hydrogen-bond acceptors (Lipinski definition) is 2. The van der Waals surface area contributed by atoms with Crippen LogP contribution in [0, 0.1) is 5.92 Å². The lowest BCUT2D eigenvalue weighted by atomic mass is 9.93. The zero-order valence-corrected chi connectivity index (χ0v) is 25.2. The van der Waals surface area contributed by atoms with Crippen LogP contribution in [-0.4, -0.2) is 11.1 Å². The predicted molar refractivity (Wildman–Crippen MR) is 191 cm³/mol. The van der Waals surface area contributed by atoms with Gasteiger partial charge in [0.05, 0.1) is 5.69 Å². The maximum atomic E-state index is 4.46. The number of benzene rings is 4. The third-order valence-corrected chi connectivity index (χ3v) is 9.17. The molecule has 0 amide bonds. The summed E-state index contributed by atoms with van der Waals surface area (Å²) in [5.74, 6) is 0.245. The summed E-state index contributed by atoms with van der Waals surface area (Å²) < 4.78 is 0. The van der Waals surface area contributed by atoms with Gasteiger partial charge in [-0.15, -0.1) is 0 Å². The van der Waals surface area contributed by atoms with E-state index >= 15 is 0 Å². The van der Waals surface area contributed by atoms with E-state index in [0.29, 0.717) is 0 Å². The molecule has 4 aromatic carbocycles. The first-order valence-electron chi connectivity index (χ1n) is 15.8. The molecule has 218 valence electrons. The molecule has 0 fully saturated rings. The topological polar surface area (TPSA) is 31.1 Å². The fourth-order valence-electron chi connectivity index (χ4n) is 6.86. The van der Waals surface area contributed by atoms with Crippen molar-refractivity contribution in [3.63, 3.8) is 0 Å². The molecule has 0 spiro atoms. The molecule has 1 aromatic heterocycles. The van der Waals surface area contributed by atoms with E-state index in [2.05, 4.69) is 174 Å². The molecule has 3 aliphatic rings. The van der Waals surface area contributed by atoms with Crippen molar-refractivity contribution >= 4 is 44.2 Å². The molecule has 3 heteroatoms. The van der Waals surface area contributed by atoms with Crippen LogP contribution >= 0.6 is 0 Å². The Kier molecular flexibility index (Phi) is 6.92. The molecule has 0 saturated heterocycles. The van der Waals surface area contributed by atoms with E-state index in [9.17, 15) is 0 Å². The molecule has 2 aliphatic heterocycles. The highest BCUT2D eigenvalue weighted by atomic mass is 15.3. The van der Waals surface area contributed by atoms with Gasteiger partial charge in [-0.25, -0.2) is 0 Å². The fraction of sp³-hybridized carbons (Fsp3) is 0.0952. The summed E-state index contributed by atoms with van der Waals surface area (Å²) >= 11 is 0. The molecule has 3 nitrogen and oxygen atoms in total. The minimum Gasteiger partial charge on any atom is -0.365 e. The zero-order valence-electron chi connectivity index (χ0n) is 25.2. The first kappa shape index (κ1) is 27.0. The van der Waals surface area contributed by atoms with Crippen molar-refractivity contribution in [3.05, 3.63) is 181 Å². The highest BCUT2D eigenvalue weighted by molar-refractivity contribution is 6.10. The molecule has 0 radical (unpaired) electrons. The van der Waals surface area contributed by atoms with Gasteiger partial charge in [0.25, 0.3) is 0 Å². The van der Waals surface area contributed by atoms with Crippen LogP contribution in [0.25, 0.3) is 38.5 Å². The van der Waals surface area contributed by atoms with Crippen LogP contribution in [0.1, 0.15) is 29.5 Å². The Morgan fingerprint density at radius 1 is 0.756 bits per heavy atom. The van der Waals surface area contributed by atoms with Crippen LogP contribution in [0.15, 0.2) is 164 Å². The minimum absolute atomic E-state index is 0.0560. The van der Waals surface area contributed by atoms with Gasteiger partial charge in [0, 0.05) is 45.2 Å². The van der Waals surface area contributed by atoms with Gasteiger partial charge >= 0.3 is 0 Å². The fourth-order valence-corrected chi connectivity index (χ4v) is 6.86. The normalized spacial score (nSPS) is 21.1. The van der Waals surface area contributed by atoms with Crippen LogP contribution in [0.2, 0.25) is 0 Å². The largest absolute Gasteiger partial charge is 0.365 e. The molecule has 1 aliphatic carbocycles. The molecule has 5 aromatic rings. The lowest BCUT2D eigenvalue weighted by molar-refractivity contribution is 0.570. The van der Waals surface area contributed by atoms with Crippen LogP contribution in [0.5, 0.6) is 0 Å². The summed E-state index contributed by atoms with van der Waals surface area (Å²) in [4.78, 5) is 5.98. The van der Waals surface area contributed by atoms with E-state index < -0.39 is 0 Å². The second kappa shape index (κ2) is 11.5. The number of rotatable bonds is 4. The van der Waals surface area contributed by atoms with E-state index in [1.54, 1.807) is 0 Å². The Morgan fingerprint density at radius 3 is 2.38 bits per heavy atom. The van der Waals surface area contributed by atoms with Crippen molar-refractivity contribution < 1.29 is 0 Å². The van der Waals surface area contributed by atoms with Crippen molar-refractivity contribution in [3.8, 4) is 0 Å². The number of aromatic nitrogens is 1. The lowest BCUT2D eigenvalue weighted by Crippen LogP contribution is -2.44. The first-order valence-corrected chi connectivity index (χ1v) is 15.8. The monoisotopic (exact) mass is 581 g/mol. The van der Waals surface area contributed by atoms with Crippen LogP contribution in [-0.2, 0) is 0 Å². The summed E-state index contributed by atoms with van der Waals surface area (Å²) in [5, 5.41) is 6.39. The zero-order chi connectivity index (χ0) is 30.2. The van der Waals surface area contributed by atoms with Crippen molar-refractivity contribution in [2.45, 2.75) is 19.0 Å². The summed E-state index contributed by atoms with van der Waals surface area (Å²) in [6, 6.07) is 34.7. The van der Waals surface area contributed by atoms with Gasteiger partial charge in [0.15, 0.2) is 0 Å². The Balaban J connectivity index is 1.15. The Hall–Kier alpha value is -5.54. The Morgan fingerprint density at radius 2 is 1.53 bits per heavy atom. The molecule has 0 bridgehead atoms. The van der Waals surface area contributed by atoms with Gasteiger partial charge in [0.2, 0.25) is 0 Å². The van der Waals surface area contributed by atoms with Crippen molar-refractivity contribution in [2.75, 3.05) is 4.90 Å². The van der Waals surface area contributed by atoms with E-state index in [0.717, 1.165) is 40.7 Å². The number of anilines is 1. The highest BCUT2D eigenvalue weighted by Gasteiger charge is 2.26. The van der Waals surface area contributed by atoms with Crippen LogP contribution in [0.4, 0.5) is 5.69 Å². The molecule has 0 saturated carbocycles. The SMILES string of the molecule is C=C1/C=C\C=C/N(C2C=CC=C(C3C=C(c4ccccc4)C=C(c4ccccc4)CC3)N2)c2cc3[nH]c4ccccc4c3cc21. The molecule has 2 unspecified atom stereocenters. The van der Waals surface area contributed by atoms with E-state index in [1.165, 1.54) is 38.7 Å². The quantitative estimate of drug-likeness (QED) is 0.221. The van der Waals surface area contributed by atoms with E-state index in [-0.39, 0.29) is 12.1 Å². The first-order chi connectivity index (χ1) is 22.2. The number of aromatic amines is 1. The predicted octanol–water partition coefficient (Wildman–Crippen LogP) is 10.2. The molecular formula is C42H35N3. The highest BCUT2D eigenvalue weighted by Crippen LogP contribution is 2.39. The molecule has 2 N–H and O–H groups in total. The number of fused-ring (bicyclic) bond motifs is 4. The summed E-state index contributed by atoms with van der Waals surface area (Å²) in [6.45, 7) is 4.46. The molecule has 3 heterocycles. The Labute approximate surface area is 264 Å². The number of nitrogens with one attached hydrogen (secondary N) is 2. The smallest absolute Gasteiger partial charge is 0.122 e. The summed E-state index contributed by atoms with van der Waals surface area (Å²) in [6.07, 6.45) is 22.0. The molecular weight excluding hydrogens is 546 g/mol. The van der Waals surface area contributed by atoms with Crippen molar-refractivity contribution in [2.24, 2.45) is 5.92 Å².